The first-order valence-corrected chi connectivity index (χ1v) is 9.24. The molecular formula is C18H34N2. The molecule has 0 saturated heterocycles. The van der Waals surface area contributed by atoms with Crippen LogP contribution in [0, 0.1) is 11.3 Å². The van der Waals surface area contributed by atoms with E-state index >= 15 is 0 Å². The van der Waals surface area contributed by atoms with E-state index in [1.807, 2.05) is 0 Å². The first kappa shape index (κ1) is 14.8. The van der Waals surface area contributed by atoms with Crippen molar-refractivity contribution in [2.45, 2.75) is 89.6 Å². The van der Waals surface area contributed by atoms with Gasteiger partial charge in [0, 0.05) is 12.1 Å². The van der Waals surface area contributed by atoms with Gasteiger partial charge < -0.3 is 5.73 Å². The van der Waals surface area contributed by atoms with Crippen molar-refractivity contribution < 1.29 is 0 Å². The average molecular weight is 278 g/mol. The number of nitrogens with zero attached hydrogens (tertiary/aromatic N) is 1. The largest absolute Gasteiger partial charge is 0.330 e. The molecular weight excluding hydrogens is 244 g/mol. The fourth-order valence-corrected chi connectivity index (χ4v) is 5.66. The molecule has 3 fully saturated rings. The number of nitrogens with two attached hydrogens (primary N) is 1. The van der Waals surface area contributed by atoms with Crippen LogP contribution in [0.15, 0.2) is 0 Å². The highest BCUT2D eigenvalue weighted by molar-refractivity contribution is 4.95. The number of hydrogen-bond acceptors (Lipinski definition) is 2. The van der Waals surface area contributed by atoms with Crippen LogP contribution in [-0.2, 0) is 0 Å². The lowest BCUT2D eigenvalue weighted by Crippen LogP contribution is -2.48. The Kier molecular flexibility index (Phi) is 4.72. The maximum absolute atomic E-state index is 6.01. The lowest BCUT2D eigenvalue weighted by atomic mass is 9.71. The van der Waals surface area contributed by atoms with Gasteiger partial charge in [-0.25, -0.2) is 0 Å². The molecule has 2 atom stereocenters. The minimum absolute atomic E-state index is 0.775. The molecule has 0 amide bonds. The van der Waals surface area contributed by atoms with Crippen LogP contribution in [0.25, 0.3) is 0 Å². The van der Waals surface area contributed by atoms with E-state index in [1.54, 1.807) is 0 Å². The molecule has 0 aromatic heterocycles. The van der Waals surface area contributed by atoms with Gasteiger partial charge in [0.05, 0.1) is 0 Å². The van der Waals surface area contributed by atoms with Crippen LogP contribution in [0.3, 0.4) is 0 Å². The van der Waals surface area contributed by atoms with Crippen molar-refractivity contribution >= 4 is 0 Å². The van der Waals surface area contributed by atoms with Crippen molar-refractivity contribution in [2.24, 2.45) is 17.1 Å². The Morgan fingerprint density at radius 2 is 1.65 bits per heavy atom. The van der Waals surface area contributed by atoms with Crippen molar-refractivity contribution in [1.82, 2.24) is 4.90 Å². The van der Waals surface area contributed by atoms with Crippen molar-refractivity contribution in [1.29, 1.82) is 0 Å². The van der Waals surface area contributed by atoms with E-state index in [2.05, 4.69) is 11.8 Å². The molecule has 20 heavy (non-hydrogen) atoms. The first-order chi connectivity index (χ1) is 9.78. The minimum atomic E-state index is 0.775. The zero-order chi connectivity index (χ0) is 14.0. The van der Waals surface area contributed by atoms with Crippen LogP contribution in [0.1, 0.15) is 77.6 Å². The van der Waals surface area contributed by atoms with Gasteiger partial charge in [-0.3, -0.25) is 4.90 Å². The van der Waals surface area contributed by atoms with Crippen LogP contribution in [0.5, 0.6) is 0 Å². The smallest absolute Gasteiger partial charge is 0.0138 e. The quantitative estimate of drug-likeness (QED) is 0.844. The summed E-state index contributed by atoms with van der Waals surface area (Å²) in [5.74, 6) is 0.775. The predicted molar refractivity (Wildman–Crippen MR) is 85.7 cm³/mol. The van der Waals surface area contributed by atoms with Gasteiger partial charge in [0.25, 0.3) is 0 Å². The molecule has 2 heteroatoms. The summed E-state index contributed by atoms with van der Waals surface area (Å²) in [6.45, 7) is 4.50. The Bertz CT molecular complexity index is 299. The molecule has 3 saturated carbocycles. The molecule has 0 heterocycles. The Labute approximate surface area is 125 Å². The Balaban J connectivity index is 1.60. The highest BCUT2D eigenvalue weighted by atomic mass is 15.2. The van der Waals surface area contributed by atoms with Crippen molar-refractivity contribution in [3.05, 3.63) is 0 Å². The molecule has 0 aromatic rings. The van der Waals surface area contributed by atoms with Crippen LogP contribution < -0.4 is 5.73 Å². The standard InChI is InChI=1S/C18H34N2/c1-2-20(17-7-5-6-15(17)14-19)16-8-12-18(13-9-16)10-3-4-11-18/h15-17H,2-14,19H2,1H3. The Morgan fingerprint density at radius 3 is 2.25 bits per heavy atom. The Morgan fingerprint density at radius 1 is 0.950 bits per heavy atom. The molecule has 2 unspecified atom stereocenters. The molecule has 2 N–H and O–H groups in total. The minimum Gasteiger partial charge on any atom is -0.330 e. The van der Waals surface area contributed by atoms with Crippen molar-refractivity contribution in [3.63, 3.8) is 0 Å². The summed E-state index contributed by atoms with van der Waals surface area (Å²) in [7, 11) is 0. The highest BCUT2D eigenvalue weighted by Crippen LogP contribution is 2.50. The molecule has 0 bridgehead atoms. The van der Waals surface area contributed by atoms with E-state index in [1.165, 1.54) is 77.2 Å². The fraction of sp³-hybridized carbons (Fsp3) is 1.00. The first-order valence-electron chi connectivity index (χ1n) is 9.24. The third-order valence-corrected chi connectivity index (χ3v) is 6.86. The second kappa shape index (κ2) is 6.36. The zero-order valence-corrected chi connectivity index (χ0v) is 13.4. The van der Waals surface area contributed by atoms with E-state index in [4.69, 9.17) is 5.73 Å². The van der Waals surface area contributed by atoms with Crippen LogP contribution in [-0.4, -0.2) is 30.1 Å². The van der Waals surface area contributed by atoms with Gasteiger partial charge in [0.2, 0.25) is 0 Å². The van der Waals surface area contributed by atoms with Gasteiger partial charge in [-0.2, -0.15) is 0 Å². The lowest BCUT2D eigenvalue weighted by Gasteiger charge is -2.45. The maximum Gasteiger partial charge on any atom is 0.0138 e. The summed E-state index contributed by atoms with van der Waals surface area (Å²) in [6, 6.07) is 1.66. The molecule has 3 rings (SSSR count). The van der Waals surface area contributed by atoms with Crippen LogP contribution in [0.4, 0.5) is 0 Å². The van der Waals surface area contributed by atoms with E-state index in [0.717, 1.165) is 30.0 Å². The summed E-state index contributed by atoms with van der Waals surface area (Å²) in [4.78, 5) is 2.85. The molecule has 3 aliphatic carbocycles. The zero-order valence-electron chi connectivity index (χ0n) is 13.4. The topological polar surface area (TPSA) is 29.3 Å². The fourth-order valence-electron chi connectivity index (χ4n) is 5.66. The molecule has 0 aliphatic heterocycles. The van der Waals surface area contributed by atoms with E-state index in [9.17, 15) is 0 Å². The monoisotopic (exact) mass is 278 g/mol. The third kappa shape index (κ3) is 2.78. The molecule has 116 valence electrons. The van der Waals surface area contributed by atoms with Gasteiger partial charge in [-0.1, -0.05) is 26.2 Å². The van der Waals surface area contributed by atoms with Crippen LogP contribution >= 0.6 is 0 Å². The number of hydrogen-bond donors (Lipinski definition) is 1. The molecule has 2 nitrogen and oxygen atoms in total. The number of rotatable bonds is 4. The van der Waals surface area contributed by atoms with Gasteiger partial charge in [-0.05, 0) is 75.8 Å². The second-order valence-electron chi connectivity index (χ2n) is 7.76. The summed E-state index contributed by atoms with van der Waals surface area (Å²) in [5, 5.41) is 0. The van der Waals surface area contributed by atoms with Crippen LogP contribution in [0.2, 0.25) is 0 Å². The maximum atomic E-state index is 6.01. The third-order valence-electron chi connectivity index (χ3n) is 6.86. The SMILES string of the molecule is CCN(C1CCC2(CCCC2)CC1)C1CCCC1CN. The molecule has 0 radical (unpaired) electrons. The van der Waals surface area contributed by atoms with Gasteiger partial charge in [0.15, 0.2) is 0 Å². The normalized spacial score (nSPS) is 34.4. The second-order valence-corrected chi connectivity index (χ2v) is 7.76. The molecule has 3 aliphatic rings. The predicted octanol–water partition coefficient (Wildman–Crippen LogP) is 3.94. The van der Waals surface area contributed by atoms with Gasteiger partial charge in [0.1, 0.15) is 0 Å². The lowest BCUT2D eigenvalue weighted by molar-refractivity contribution is 0.0520. The van der Waals surface area contributed by atoms with Crippen molar-refractivity contribution in [3.8, 4) is 0 Å². The molecule has 1 spiro atoms. The van der Waals surface area contributed by atoms with E-state index < -0.39 is 0 Å². The highest BCUT2D eigenvalue weighted by Gasteiger charge is 2.41. The molecule has 0 aromatic carbocycles. The summed E-state index contributed by atoms with van der Waals surface area (Å²) >= 11 is 0. The summed E-state index contributed by atoms with van der Waals surface area (Å²) < 4.78 is 0. The summed E-state index contributed by atoms with van der Waals surface area (Å²) in [6.07, 6.45) is 16.2. The Hall–Kier alpha value is -0.0800. The average Bonchev–Trinajstić information content (AvgIpc) is 3.12. The van der Waals surface area contributed by atoms with Gasteiger partial charge in [-0.15, -0.1) is 0 Å². The summed E-state index contributed by atoms with van der Waals surface area (Å²) in [5.41, 5.74) is 6.79. The van der Waals surface area contributed by atoms with Crippen molar-refractivity contribution in [2.75, 3.05) is 13.1 Å². The van der Waals surface area contributed by atoms with E-state index in [-0.39, 0.29) is 0 Å². The van der Waals surface area contributed by atoms with Gasteiger partial charge >= 0.3 is 0 Å². The van der Waals surface area contributed by atoms with E-state index in [0.29, 0.717) is 0 Å².